The normalized spacial score (nSPS) is 13.2. The van der Waals surface area contributed by atoms with Gasteiger partial charge < -0.3 is 15.2 Å². The molecular formula is C14H17BrF3NO3. The van der Waals surface area contributed by atoms with Crippen molar-refractivity contribution in [2.24, 2.45) is 5.92 Å². The molecule has 0 spiro atoms. The molecule has 0 radical (unpaired) electrons. The fourth-order valence-corrected chi connectivity index (χ4v) is 2.35. The van der Waals surface area contributed by atoms with Gasteiger partial charge in [0, 0.05) is 6.54 Å². The van der Waals surface area contributed by atoms with E-state index in [0.29, 0.717) is 12.0 Å². The van der Waals surface area contributed by atoms with Crippen molar-refractivity contribution in [3.05, 3.63) is 28.2 Å². The maximum Gasteiger partial charge on any atom is 0.573 e. The van der Waals surface area contributed by atoms with Crippen LogP contribution in [0.5, 0.6) is 5.75 Å². The molecule has 0 aliphatic heterocycles. The highest BCUT2D eigenvalue weighted by molar-refractivity contribution is 9.10. The Labute approximate surface area is 134 Å². The van der Waals surface area contributed by atoms with Crippen LogP contribution in [0.15, 0.2) is 22.7 Å². The quantitative estimate of drug-likeness (QED) is 0.748. The standard InChI is InChI=1S/C14H17BrF3NO3/c1-8(2)5-11(13(20)21)19-7-9-3-4-12(10(15)6-9)22-14(16,17)18/h3-4,6,8,11,19H,5,7H2,1-2H3,(H,20,21)/t11-/m0/s1. The summed E-state index contributed by atoms with van der Waals surface area (Å²) in [5.74, 6) is -1.08. The van der Waals surface area contributed by atoms with Crippen LogP contribution >= 0.6 is 15.9 Å². The number of benzene rings is 1. The van der Waals surface area contributed by atoms with Gasteiger partial charge in [0.1, 0.15) is 11.8 Å². The van der Waals surface area contributed by atoms with E-state index in [1.54, 1.807) is 0 Å². The van der Waals surface area contributed by atoms with E-state index in [4.69, 9.17) is 5.11 Å². The summed E-state index contributed by atoms with van der Waals surface area (Å²) in [5, 5.41) is 12.0. The molecule has 4 nitrogen and oxygen atoms in total. The van der Waals surface area contributed by atoms with Crippen LogP contribution in [0.25, 0.3) is 0 Å². The maximum atomic E-state index is 12.2. The largest absolute Gasteiger partial charge is 0.573 e. The molecule has 1 aromatic carbocycles. The van der Waals surface area contributed by atoms with Gasteiger partial charge in [0.05, 0.1) is 4.47 Å². The Bertz CT molecular complexity index is 521. The van der Waals surface area contributed by atoms with E-state index in [9.17, 15) is 18.0 Å². The third-order valence-electron chi connectivity index (χ3n) is 2.78. The second-order valence-electron chi connectivity index (χ2n) is 5.21. The summed E-state index contributed by atoms with van der Waals surface area (Å²) in [6, 6.07) is 3.40. The van der Waals surface area contributed by atoms with Gasteiger partial charge in [-0.1, -0.05) is 19.9 Å². The van der Waals surface area contributed by atoms with Crippen molar-refractivity contribution in [2.75, 3.05) is 0 Å². The number of rotatable bonds is 7. The molecule has 0 bridgehead atoms. The number of ether oxygens (including phenoxy) is 1. The summed E-state index contributed by atoms with van der Waals surface area (Å²) in [7, 11) is 0. The van der Waals surface area contributed by atoms with E-state index in [1.165, 1.54) is 18.2 Å². The zero-order valence-corrected chi connectivity index (χ0v) is 13.7. The highest BCUT2D eigenvalue weighted by Gasteiger charge is 2.32. The molecule has 0 saturated heterocycles. The van der Waals surface area contributed by atoms with Crippen molar-refractivity contribution in [2.45, 2.75) is 39.2 Å². The second kappa shape index (κ2) is 7.82. The fourth-order valence-electron chi connectivity index (χ4n) is 1.85. The van der Waals surface area contributed by atoms with Gasteiger partial charge in [-0.25, -0.2) is 0 Å². The first kappa shape index (κ1) is 18.8. The minimum Gasteiger partial charge on any atom is -0.480 e. The third kappa shape index (κ3) is 6.65. The van der Waals surface area contributed by atoms with Crippen LogP contribution in [0.1, 0.15) is 25.8 Å². The molecule has 0 aromatic heterocycles. The lowest BCUT2D eigenvalue weighted by Gasteiger charge is -2.17. The van der Waals surface area contributed by atoms with Crippen molar-refractivity contribution in [3.8, 4) is 5.75 Å². The van der Waals surface area contributed by atoms with Gasteiger partial charge in [-0.15, -0.1) is 13.2 Å². The Morgan fingerprint density at radius 2 is 2.05 bits per heavy atom. The van der Waals surface area contributed by atoms with E-state index in [2.05, 4.69) is 26.0 Å². The first-order chi connectivity index (χ1) is 10.1. The number of carboxylic acid groups (broad SMARTS) is 1. The molecule has 1 rings (SSSR count). The summed E-state index contributed by atoms with van der Waals surface area (Å²) in [5.41, 5.74) is 0.649. The molecule has 0 aliphatic rings. The van der Waals surface area contributed by atoms with Crippen LogP contribution < -0.4 is 10.1 Å². The Kier molecular flexibility index (Phi) is 6.67. The smallest absolute Gasteiger partial charge is 0.480 e. The van der Waals surface area contributed by atoms with Crippen LogP contribution in [0.4, 0.5) is 13.2 Å². The highest BCUT2D eigenvalue weighted by Crippen LogP contribution is 2.31. The Morgan fingerprint density at radius 3 is 2.50 bits per heavy atom. The minimum atomic E-state index is -4.76. The van der Waals surface area contributed by atoms with E-state index < -0.39 is 18.4 Å². The molecule has 8 heteroatoms. The lowest BCUT2D eigenvalue weighted by molar-refractivity contribution is -0.274. The molecular weight excluding hydrogens is 367 g/mol. The van der Waals surface area contributed by atoms with Crippen molar-refractivity contribution < 1.29 is 27.8 Å². The molecule has 124 valence electrons. The summed E-state index contributed by atoms with van der Waals surface area (Å²) < 4.78 is 40.5. The molecule has 0 aliphatic carbocycles. The number of aliphatic carboxylic acids is 1. The minimum absolute atomic E-state index is 0.153. The number of halogens is 4. The van der Waals surface area contributed by atoms with Crippen molar-refractivity contribution in [1.82, 2.24) is 5.32 Å². The van der Waals surface area contributed by atoms with E-state index >= 15 is 0 Å². The monoisotopic (exact) mass is 383 g/mol. The van der Waals surface area contributed by atoms with Gasteiger partial charge in [0.25, 0.3) is 0 Å². The Balaban J connectivity index is 2.70. The SMILES string of the molecule is CC(C)C[C@H](NCc1ccc(OC(F)(F)F)c(Br)c1)C(=O)O. The van der Waals surface area contributed by atoms with Crippen molar-refractivity contribution in [3.63, 3.8) is 0 Å². The van der Waals surface area contributed by atoms with E-state index in [0.717, 1.165) is 0 Å². The summed E-state index contributed by atoms with van der Waals surface area (Å²) in [4.78, 5) is 11.1. The van der Waals surface area contributed by atoms with Crippen LogP contribution in [0.3, 0.4) is 0 Å². The van der Waals surface area contributed by atoms with Crippen molar-refractivity contribution >= 4 is 21.9 Å². The zero-order valence-electron chi connectivity index (χ0n) is 12.1. The van der Waals surface area contributed by atoms with Gasteiger partial charge in [-0.2, -0.15) is 0 Å². The van der Waals surface area contributed by atoms with Crippen molar-refractivity contribution in [1.29, 1.82) is 0 Å². The predicted octanol–water partition coefficient (Wildman–Crippen LogP) is 3.94. The number of carbonyl (C=O) groups is 1. The number of nitrogens with one attached hydrogen (secondary N) is 1. The first-order valence-electron chi connectivity index (χ1n) is 6.59. The van der Waals surface area contributed by atoms with Crippen LogP contribution in [0, 0.1) is 5.92 Å². The van der Waals surface area contributed by atoms with Gasteiger partial charge in [-0.3, -0.25) is 4.79 Å². The van der Waals surface area contributed by atoms with E-state index in [1.807, 2.05) is 13.8 Å². The molecule has 0 heterocycles. The van der Waals surface area contributed by atoms with E-state index in [-0.39, 0.29) is 22.7 Å². The number of alkyl halides is 3. The maximum absolute atomic E-state index is 12.2. The lowest BCUT2D eigenvalue weighted by Crippen LogP contribution is -2.37. The average molecular weight is 384 g/mol. The molecule has 0 fully saturated rings. The lowest BCUT2D eigenvalue weighted by atomic mass is 10.0. The van der Waals surface area contributed by atoms with Crippen LogP contribution in [-0.2, 0) is 11.3 Å². The molecule has 0 unspecified atom stereocenters. The first-order valence-corrected chi connectivity index (χ1v) is 7.38. The summed E-state index contributed by atoms with van der Waals surface area (Å²) >= 11 is 3.01. The van der Waals surface area contributed by atoms with Crippen LogP contribution in [0.2, 0.25) is 0 Å². The van der Waals surface area contributed by atoms with Gasteiger partial charge >= 0.3 is 12.3 Å². The molecule has 0 saturated carbocycles. The molecule has 0 amide bonds. The molecule has 1 atom stereocenters. The molecule has 2 N–H and O–H groups in total. The topological polar surface area (TPSA) is 58.6 Å². The van der Waals surface area contributed by atoms with Gasteiger partial charge in [-0.05, 0) is 46.0 Å². The predicted molar refractivity (Wildman–Crippen MR) is 78.5 cm³/mol. The average Bonchev–Trinajstić information content (AvgIpc) is 2.35. The van der Waals surface area contributed by atoms with Gasteiger partial charge in [0.2, 0.25) is 0 Å². The second-order valence-corrected chi connectivity index (χ2v) is 6.07. The Hall–Kier alpha value is -1.28. The van der Waals surface area contributed by atoms with Crippen LogP contribution in [-0.4, -0.2) is 23.5 Å². The fraction of sp³-hybridized carbons (Fsp3) is 0.500. The third-order valence-corrected chi connectivity index (χ3v) is 3.40. The molecule has 1 aromatic rings. The summed E-state index contributed by atoms with van der Waals surface area (Å²) in [6.07, 6.45) is -4.29. The Morgan fingerprint density at radius 1 is 1.41 bits per heavy atom. The van der Waals surface area contributed by atoms with Gasteiger partial charge in [0.15, 0.2) is 0 Å². The number of hydrogen-bond acceptors (Lipinski definition) is 3. The highest BCUT2D eigenvalue weighted by atomic mass is 79.9. The number of carboxylic acids is 1. The summed E-state index contributed by atoms with van der Waals surface area (Å²) in [6.45, 7) is 4.06. The molecule has 22 heavy (non-hydrogen) atoms. The zero-order chi connectivity index (χ0) is 16.9. The number of hydrogen-bond donors (Lipinski definition) is 2.